The summed E-state index contributed by atoms with van der Waals surface area (Å²) in [5.74, 6) is 0.545. The number of oxazole rings is 1. The van der Waals surface area contributed by atoms with Crippen molar-refractivity contribution in [1.82, 2.24) is 9.97 Å². The quantitative estimate of drug-likeness (QED) is 0.652. The van der Waals surface area contributed by atoms with Crippen LogP contribution in [0.1, 0.15) is 26.7 Å². The number of pyridine rings is 1. The Bertz CT molecular complexity index is 798. The van der Waals surface area contributed by atoms with Gasteiger partial charge in [0.1, 0.15) is 11.1 Å². The number of nitrogens with zero attached hydrogens (tertiary/aromatic N) is 2. The van der Waals surface area contributed by atoms with Crippen LogP contribution in [0, 0.1) is 0 Å². The summed E-state index contributed by atoms with van der Waals surface area (Å²) in [6.45, 7) is 5.58. The molecule has 0 aliphatic heterocycles. The van der Waals surface area contributed by atoms with Crippen molar-refractivity contribution in [1.29, 1.82) is 0 Å². The third-order valence-electron chi connectivity index (χ3n) is 3.92. The number of hydrogen-bond acceptors (Lipinski definition) is 5. The fourth-order valence-electron chi connectivity index (χ4n) is 2.47. The molecular weight excluding hydrogens is 316 g/mol. The molecular formula is C20H20N2O3. The van der Waals surface area contributed by atoms with Crippen molar-refractivity contribution >= 4 is 5.97 Å². The van der Waals surface area contributed by atoms with Gasteiger partial charge < -0.3 is 9.15 Å². The summed E-state index contributed by atoms with van der Waals surface area (Å²) in [7, 11) is 0. The summed E-state index contributed by atoms with van der Waals surface area (Å²) in [5, 5.41) is 0. The van der Waals surface area contributed by atoms with Gasteiger partial charge in [0.15, 0.2) is 5.76 Å². The number of aromatic nitrogens is 2. The van der Waals surface area contributed by atoms with Gasteiger partial charge in [0.2, 0.25) is 5.89 Å². The predicted molar refractivity (Wildman–Crippen MR) is 94.8 cm³/mol. The van der Waals surface area contributed by atoms with Gasteiger partial charge in [0.05, 0.1) is 6.61 Å². The van der Waals surface area contributed by atoms with Crippen LogP contribution in [0.25, 0.3) is 22.6 Å². The first-order valence-electron chi connectivity index (χ1n) is 8.18. The van der Waals surface area contributed by atoms with Gasteiger partial charge in [0.25, 0.3) is 0 Å². The zero-order valence-corrected chi connectivity index (χ0v) is 14.5. The van der Waals surface area contributed by atoms with E-state index in [-0.39, 0.29) is 5.97 Å². The second-order valence-electron chi connectivity index (χ2n) is 6.15. The van der Waals surface area contributed by atoms with Crippen molar-refractivity contribution in [2.75, 3.05) is 6.61 Å². The first-order chi connectivity index (χ1) is 12.0. The number of carbonyl (C=O) groups is 1. The molecule has 0 N–H and O–H groups in total. The highest BCUT2D eigenvalue weighted by atomic mass is 16.5. The van der Waals surface area contributed by atoms with E-state index in [0.717, 1.165) is 11.1 Å². The first kappa shape index (κ1) is 16.9. The summed E-state index contributed by atoms with van der Waals surface area (Å²) in [6.07, 6.45) is 3.42. The van der Waals surface area contributed by atoms with Crippen LogP contribution in [0.15, 0.2) is 59.3 Å². The molecule has 0 radical (unpaired) electrons. The molecule has 2 heterocycles. The van der Waals surface area contributed by atoms with Crippen molar-refractivity contribution < 1.29 is 13.9 Å². The zero-order valence-electron chi connectivity index (χ0n) is 14.5. The van der Waals surface area contributed by atoms with Crippen molar-refractivity contribution in [2.45, 2.75) is 26.2 Å². The molecule has 0 unspecified atom stereocenters. The van der Waals surface area contributed by atoms with E-state index in [1.165, 1.54) is 0 Å². The molecule has 0 amide bonds. The fourth-order valence-corrected chi connectivity index (χ4v) is 2.47. The van der Waals surface area contributed by atoms with Gasteiger partial charge in [-0.2, -0.15) is 0 Å². The normalized spacial score (nSPS) is 11.3. The second-order valence-corrected chi connectivity index (χ2v) is 6.15. The summed E-state index contributed by atoms with van der Waals surface area (Å²) >= 11 is 0. The molecule has 5 nitrogen and oxygen atoms in total. The van der Waals surface area contributed by atoms with Crippen molar-refractivity contribution in [3.8, 4) is 22.6 Å². The first-order valence-corrected chi connectivity index (χ1v) is 8.18. The summed E-state index contributed by atoms with van der Waals surface area (Å²) < 4.78 is 11.2. The maximum Gasteiger partial charge on any atom is 0.320 e. The summed E-state index contributed by atoms with van der Waals surface area (Å²) in [4.78, 5) is 21.1. The van der Waals surface area contributed by atoms with Gasteiger partial charge in [-0.15, -0.1) is 0 Å². The van der Waals surface area contributed by atoms with Crippen LogP contribution in [0.3, 0.4) is 0 Å². The number of carbonyl (C=O) groups excluding carboxylic acids is 1. The molecule has 25 heavy (non-hydrogen) atoms. The van der Waals surface area contributed by atoms with E-state index in [4.69, 9.17) is 9.15 Å². The maximum atomic E-state index is 12.3. The molecule has 2 aromatic heterocycles. The lowest BCUT2D eigenvalue weighted by atomic mass is 9.94. The molecule has 0 aliphatic carbocycles. The minimum Gasteiger partial charge on any atom is -0.465 e. The summed E-state index contributed by atoms with van der Waals surface area (Å²) in [5.41, 5.74) is 1.41. The van der Waals surface area contributed by atoms with Crippen LogP contribution in [0.4, 0.5) is 0 Å². The third kappa shape index (κ3) is 3.31. The predicted octanol–water partition coefficient (Wildman–Crippen LogP) is 4.24. The van der Waals surface area contributed by atoms with Gasteiger partial charge in [-0.25, -0.2) is 4.98 Å². The number of hydrogen-bond donors (Lipinski definition) is 0. The zero-order chi connectivity index (χ0) is 17.9. The van der Waals surface area contributed by atoms with Crippen molar-refractivity contribution in [3.63, 3.8) is 0 Å². The fraction of sp³-hybridized carbons (Fsp3) is 0.250. The Morgan fingerprint density at radius 1 is 1.12 bits per heavy atom. The van der Waals surface area contributed by atoms with Crippen LogP contribution in [0.2, 0.25) is 0 Å². The molecule has 0 fully saturated rings. The second kappa shape index (κ2) is 6.89. The number of benzene rings is 1. The number of esters is 1. The monoisotopic (exact) mass is 336 g/mol. The van der Waals surface area contributed by atoms with Crippen molar-refractivity contribution in [3.05, 3.63) is 60.7 Å². The number of ether oxygens (including phenoxy) is 1. The van der Waals surface area contributed by atoms with Gasteiger partial charge in [-0.05, 0) is 32.9 Å². The lowest BCUT2D eigenvalue weighted by molar-refractivity contribution is -0.149. The van der Waals surface area contributed by atoms with Crippen LogP contribution < -0.4 is 0 Å². The van der Waals surface area contributed by atoms with Gasteiger partial charge in [0, 0.05) is 23.5 Å². The molecule has 3 rings (SSSR count). The number of rotatable bonds is 5. The largest absolute Gasteiger partial charge is 0.465 e. The minimum atomic E-state index is -0.986. The van der Waals surface area contributed by atoms with E-state index in [9.17, 15) is 4.79 Å². The molecule has 0 saturated heterocycles. The van der Waals surface area contributed by atoms with E-state index in [1.54, 1.807) is 33.2 Å². The molecule has 0 saturated carbocycles. The van der Waals surface area contributed by atoms with Crippen LogP contribution in [-0.2, 0) is 14.9 Å². The summed E-state index contributed by atoms with van der Waals surface area (Å²) in [6, 6.07) is 13.5. The SMILES string of the molecule is CCOC(=O)C(C)(C)c1nc(-c2ccccc2)c(-c2cccnc2)o1. The molecule has 0 atom stereocenters. The molecule has 3 aromatic rings. The van der Waals surface area contributed by atoms with Gasteiger partial charge >= 0.3 is 5.97 Å². The molecule has 1 aromatic carbocycles. The highest BCUT2D eigenvalue weighted by Gasteiger charge is 2.38. The molecule has 5 heteroatoms. The van der Waals surface area contributed by atoms with E-state index in [2.05, 4.69) is 9.97 Å². The van der Waals surface area contributed by atoms with E-state index in [0.29, 0.717) is 24.0 Å². The molecule has 0 bridgehead atoms. The standard InChI is InChI=1S/C20H20N2O3/c1-4-24-19(23)20(2,3)18-22-16(14-9-6-5-7-10-14)17(25-18)15-11-8-12-21-13-15/h5-13H,4H2,1-3H3. The molecule has 0 aliphatic rings. The Morgan fingerprint density at radius 2 is 1.84 bits per heavy atom. The lowest BCUT2D eigenvalue weighted by Gasteiger charge is -2.18. The Morgan fingerprint density at radius 3 is 2.48 bits per heavy atom. The highest BCUT2D eigenvalue weighted by molar-refractivity contribution is 5.82. The smallest absolute Gasteiger partial charge is 0.320 e. The topological polar surface area (TPSA) is 65.2 Å². The Kier molecular flexibility index (Phi) is 4.65. The van der Waals surface area contributed by atoms with Crippen LogP contribution in [-0.4, -0.2) is 22.5 Å². The van der Waals surface area contributed by atoms with Crippen molar-refractivity contribution in [2.24, 2.45) is 0 Å². The van der Waals surface area contributed by atoms with E-state index in [1.807, 2.05) is 42.5 Å². The molecule has 0 spiro atoms. The van der Waals surface area contributed by atoms with E-state index >= 15 is 0 Å². The minimum absolute atomic E-state index is 0.310. The molecule has 128 valence electrons. The van der Waals surface area contributed by atoms with Crippen LogP contribution >= 0.6 is 0 Å². The Balaban J connectivity index is 2.14. The third-order valence-corrected chi connectivity index (χ3v) is 3.92. The lowest BCUT2D eigenvalue weighted by Crippen LogP contribution is -2.31. The Labute approximate surface area is 146 Å². The maximum absolute atomic E-state index is 12.3. The highest BCUT2D eigenvalue weighted by Crippen LogP contribution is 2.36. The van der Waals surface area contributed by atoms with Gasteiger partial charge in [-0.1, -0.05) is 30.3 Å². The Hall–Kier alpha value is -2.95. The van der Waals surface area contributed by atoms with Crippen LogP contribution in [0.5, 0.6) is 0 Å². The van der Waals surface area contributed by atoms with Gasteiger partial charge in [-0.3, -0.25) is 9.78 Å². The average Bonchev–Trinajstić information content (AvgIpc) is 3.09. The average molecular weight is 336 g/mol. The van der Waals surface area contributed by atoms with E-state index < -0.39 is 5.41 Å².